The van der Waals surface area contributed by atoms with Crippen molar-refractivity contribution in [1.82, 2.24) is 9.88 Å². The summed E-state index contributed by atoms with van der Waals surface area (Å²) in [6.45, 7) is 7.32. The fourth-order valence-corrected chi connectivity index (χ4v) is 3.55. The Kier molecular flexibility index (Phi) is 4.35. The summed E-state index contributed by atoms with van der Waals surface area (Å²) in [5.41, 5.74) is 0.753. The molecule has 1 aliphatic rings. The number of aryl methyl sites for hydroxylation is 1. The molecule has 1 atom stereocenters. The fourth-order valence-electron chi connectivity index (χ4n) is 2.55. The van der Waals surface area contributed by atoms with Gasteiger partial charge >= 0.3 is 5.97 Å². The van der Waals surface area contributed by atoms with Gasteiger partial charge in [-0.3, -0.25) is 9.69 Å². The van der Waals surface area contributed by atoms with Crippen LogP contribution in [0.5, 0.6) is 0 Å². The van der Waals surface area contributed by atoms with Crippen LogP contribution in [-0.2, 0) is 17.8 Å². The summed E-state index contributed by atoms with van der Waals surface area (Å²) in [7, 11) is 0. The van der Waals surface area contributed by atoms with Crippen molar-refractivity contribution in [2.24, 2.45) is 5.92 Å². The molecule has 0 amide bonds. The van der Waals surface area contributed by atoms with E-state index in [1.165, 1.54) is 12.8 Å². The second kappa shape index (κ2) is 5.80. The van der Waals surface area contributed by atoms with Crippen LogP contribution in [0.15, 0.2) is 0 Å². The molecule has 0 bridgehead atoms. The Labute approximate surface area is 112 Å². The third-order valence-electron chi connectivity index (χ3n) is 3.31. The van der Waals surface area contributed by atoms with E-state index in [4.69, 9.17) is 5.11 Å². The van der Waals surface area contributed by atoms with Gasteiger partial charge in [-0.15, -0.1) is 11.3 Å². The molecule has 0 saturated carbocycles. The minimum absolute atomic E-state index is 0.0447. The number of hydrogen-bond donors (Lipinski definition) is 1. The van der Waals surface area contributed by atoms with Crippen LogP contribution in [0.4, 0.5) is 0 Å². The molecule has 1 aliphatic heterocycles. The van der Waals surface area contributed by atoms with E-state index in [2.05, 4.69) is 16.8 Å². The number of aliphatic carboxylic acids is 1. The predicted molar refractivity (Wildman–Crippen MR) is 71.9 cm³/mol. The average molecular weight is 268 g/mol. The maximum Gasteiger partial charge on any atom is 0.309 e. The number of hydrogen-bond acceptors (Lipinski definition) is 4. The molecule has 1 aromatic rings. The molecule has 1 aromatic heterocycles. The summed E-state index contributed by atoms with van der Waals surface area (Å²) in [4.78, 5) is 18.7. The lowest BCUT2D eigenvalue weighted by molar-refractivity contribution is -0.136. The second-order valence-electron chi connectivity index (χ2n) is 5.16. The number of piperidine rings is 1. The monoisotopic (exact) mass is 268 g/mol. The third kappa shape index (κ3) is 3.53. The lowest BCUT2D eigenvalue weighted by Gasteiger charge is -2.30. The largest absolute Gasteiger partial charge is 0.481 e. The van der Waals surface area contributed by atoms with E-state index in [1.807, 2.05) is 6.92 Å². The van der Waals surface area contributed by atoms with Gasteiger partial charge in [0.2, 0.25) is 0 Å². The molecule has 2 rings (SSSR count). The highest BCUT2D eigenvalue weighted by Gasteiger charge is 2.20. The molecule has 0 radical (unpaired) electrons. The van der Waals surface area contributed by atoms with Crippen molar-refractivity contribution in [3.8, 4) is 0 Å². The first-order valence-corrected chi connectivity index (χ1v) is 7.25. The summed E-state index contributed by atoms with van der Waals surface area (Å²) < 4.78 is 0. The maximum absolute atomic E-state index is 10.8. The number of thiazole rings is 1. The molecular weight excluding hydrogens is 248 g/mol. The normalized spacial score (nSPS) is 21.1. The molecule has 1 unspecified atom stereocenters. The van der Waals surface area contributed by atoms with Gasteiger partial charge in [0.15, 0.2) is 0 Å². The molecule has 0 spiro atoms. The summed E-state index contributed by atoms with van der Waals surface area (Å²) in [6.07, 6.45) is 2.59. The first-order chi connectivity index (χ1) is 8.54. The van der Waals surface area contributed by atoms with Crippen LogP contribution in [0.3, 0.4) is 0 Å². The van der Waals surface area contributed by atoms with Crippen molar-refractivity contribution >= 4 is 17.3 Å². The second-order valence-corrected chi connectivity index (χ2v) is 6.44. The van der Waals surface area contributed by atoms with Crippen LogP contribution in [0.25, 0.3) is 0 Å². The fraction of sp³-hybridized carbons (Fsp3) is 0.692. The van der Waals surface area contributed by atoms with Gasteiger partial charge in [0.25, 0.3) is 0 Å². The minimum Gasteiger partial charge on any atom is -0.481 e. The summed E-state index contributed by atoms with van der Waals surface area (Å²) >= 11 is 1.64. The van der Waals surface area contributed by atoms with Crippen LogP contribution in [-0.4, -0.2) is 34.0 Å². The summed E-state index contributed by atoms with van der Waals surface area (Å²) in [6, 6.07) is 0. The average Bonchev–Trinajstić information content (AvgIpc) is 2.58. The van der Waals surface area contributed by atoms with Gasteiger partial charge in [0.1, 0.15) is 0 Å². The van der Waals surface area contributed by atoms with E-state index in [0.717, 1.165) is 41.1 Å². The van der Waals surface area contributed by atoms with Crippen molar-refractivity contribution in [1.29, 1.82) is 0 Å². The smallest absolute Gasteiger partial charge is 0.309 e. The number of rotatable bonds is 4. The molecule has 100 valence electrons. The Balaban J connectivity index is 2.05. The highest BCUT2D eigenvalue weighted by atomic mass is 32.1. The van der Waals surface area contributed by atoms with E-state index < -0.39 is 5.97 Å². The summed E-state index contributed by atoms with van der Waals surface area (Å²) in [5, 5.41) is 9.86. The van der Waals surface area contributed by atoms with Gasteiger partial charge in [-0.25, -0.2) is 4.98 Å². The zero-order chi connectivity index (χ0) is 13.1. The number of carboxylic acids is 1. The number of likely N-dealkylation sites (tertiary alicyclic amines) is 1. The third-order valence-corrected chi connectivity index (χ3v) is 4.31. The molecule has 1 saturated heterocycles. The van der Waals surface area contributed by atoms with Gasteiger partial charge in [-0.05, 0) is 32.2 Å². The van der Waals surface area contributed by atoms with E-state index in [9.17, 15) is 4.79 Å². The molecule has 0 aromatic carbocycles. The Bertz CT molecular complexity index is 431. The van der Waals surface area contributed by atoms with Gasteiger partial charge in [-0.1, -0.05) is 6.92 Å². The molecular formula is C13H20N2O2S. The van der Waals surface area contributed by atoms with Crippen molar-refractivity contribution < 1.29 is 9.90 Å². The highest BCUT2D eigenvalue weighted by Crippen LogP contribution is 2.23. The Hall–Kier alpha value is -0.940. The maximum atomic E-state index is 10.8. The molecule has 1 N–H and O–H groups in total. The first-order valence-electron chi connectivity index (χ1n) is 6.44. The summed E-state index contributed by atoms with van der Waals surface area (Å²) in [5.74, 6) is -0.0516. The van der Waals surface area contributed by atoms with Gasteiger partial charge < -0.3 is 5.11 Å². The molecule has 18 heavy (non-hydrogen) atoms. The van der Waals surface area contributed by atoms with Crippen LogP contribution in [0.2, 0.25) is 0 Å². The lowest BCUT2D eigenvalue weighted by atomic mass is 10.0. The van der Waals surface area contributed by atoms with Gasteiger partial charge in [-0.2, -0.15) is 0 Å². The van der Waals surface area contributed by atoms with Crippen LogP contribution in [0.1, 0.15) is 35.3 Å². The zero-order valence-electron chi connectivity index (χ0n) is 11.0. The Morgan fingerprint density at radius 1 is 1.61 bits per heavy atom. The minimum atomic E-state index is -0.798. The molecule has 0 aliphatic carbocycles. The number of aromatic nitrogens is 1. The molecule has 4 nitrogen and oxygen atoms in total. The Morgan fingerprint density at radius 3 is 3.06 bits per heavy atom. The lowest BCUT2D eigenvalue weighted by Crippen LogP contribution is -2.33. The standard InChI is InChI=1S/C13H20N2O2S/c1-9-4-3-5-15(7-9)8-12-11(6-13(16)17)14-10(2)18-12/h9H,3-8H2,1-2H3,(H,16,17). The molecule has 2 heterocycles. The number of carbonyl (C=O) groups is 1. The van der Waals surface area contributed by atoms with E-state index in [0.29, 0.717) is 0 Å². The van der Waals surface area contributed by atoms with Crippen LogP contribution < -0.4 is 0 Å². The van der Waals surface area contributed by atoms with E-state index in [-0.39, 0.29) is 6.42 Å². The topological polar surface area (TPSA) is 53.4 Å². The van der Waals surface area contributed by atoms with Gasteiger partial charge in [0.05, 0.1) is 17.1 Å². The van der Waals surface area contributed by atoms with Gasteiger partial charge in [0, 0.05) is 18.0 Å². The zero-order valence-corrected chi connectivity index (χ0v) is 11.8. The van der Waals surface area contributed by atoms with Crippen molar-refractivity contribution in [2.75, 3.05) is 13.1 Å². The van der Waals surface area contributed by atoms with Crippen molar-refractivity contribution in [3.05, 3.63) is 15.6 Å². The highest BCUT2D eigenvalue weighted by molar-refractivity contribution is 7.11. The van der Waals surface area contributed by atoms with Crippen LogP contribution in [0, 0.1) is 12.8 Å². The number of carboxylic acid groups (broad SMARTS) is 1. The van der Waals surface area contributed by atoms with Crippen molar-refractivity contribution in [3.63, 3.8) is 0 Å². The van der Waals surface area contributed by atoms with E-state index >= 15 is 0 Å². The number of nitrogens with zero attached hydrogens (tertiary/aromatic N) is 2. The Morgan fingerprint density at radius 2 is 2.39 bits per heavy atom. The first kappa shape index (κ1) is 13.5. The van der Waals surface area contributed by atoms with E-state index in [1.54, 1.807) is 11.3 Å². The predicted octanol–water partition coefficient (Wildman–Crippen LogP) is 2.31. The SMILES string of the molecule is Cc1nc(CC(=O)O)c(CN2CCCC(C)C2)s1. The molecule has 5 heteroatoms. The van der Waals surface area contributed by atoms with Crippen molar-refractivity contribution in [2.45, 2.75) is 39.7 Å². The quantitative estimate of drug-likeness (QED) is 0.910. The molecule has 1 fully saturated rings. The van der Waals surface area contributed by atoms with Crippen LogP contribution >= 0.6 is 11.3 Å².